The first-order chi connectivity index (χ1) is 6.26. The van der Waals surface area contributed by atoms with Crippen LogP contribution in [0.15, 0.2) is 0 Å². The number of hydrogen-bond donors (Lipinski definition) is 1. The van der Waals surface area contributed by atoms with Gasteiger partial charge in [0.25, 0.3) is 0 Å². The van der Waals surface area contributed by atoms with E-state index in [1.165, 1.54) is 4.90 Å². The van der Waals surface area contributed by atoms with Crippen LogP contribution in [0.4, 0.5) is 4.79 Å². The second-order valence-electron chi connectivity index (χ2n) is 4.40. The Balaban J connectivity index is 4.07. The van der Waals surface area contributed by atoms with Gasteiger partial charge in [0.05, 0.1) is 0 Å². The Bertz CT molecular complexity index is 223. The van der Waals surface area contributed by atoms with E-state index < -0.39 is 11.9 Å². The van der Waals surface area contributed by atoms with Crippen LogP contribution in [0, 0.1) is 5.41 Å². The summed E-state index contributed by atoms with van der Waals surface area (Å²) in [7, 11) is 1.64. The van der Waals surface area contributed by atoms with E-state index in [1.807, 2.05) is 20.8 Å². The molecule has 0 heterocycles. The molecule has 4 nitrogen and oxygen atoms in total. The maximum Gasteiger partial charge on any atom is 0.323 e. The molecular formula is C9H17ClN2O2. The zero-order valence-corrected chi connectivity index (χ0v) is 9.81. The monoisotopic (exact) mass is 220 g/mol. The molecule has 0 aliphatic carbocycles. The minimum Gasteiger partial charge on any atom is -0.327 e. The molecule has 0 aromatic rings. The molecule has 0 bridgehead atoms. The van der Waals surface area contributed by atoms with Crippen LogP contribution in [-0.4, -0.2) is 36.3 Å². The lowest BCUT2D eigenvalue weighted by Gasteiger charge is -2.26. The molecule has 0 spiro atoms. The molecule has 0 fully saturated rings. The normalized spacial score (nSPS) is 10.9. The first kappa shape index (κ1) is 13.2. The number of imide groups is 1. The highest BCUT2D eigenvalue weighted by atomic mass is 35.5. The average Bonchev–Trinajstić information content (AvgIpc) is 2.00. The lowest BCUT2D eigenvalue weighted by molar-refractivity contribution is -0.117. The van der Waals surface area contributed by atoms with E-state index in [2.05, 4.69) is 5.32 Å². The van der Waals surface area contributed by atoms with Crippen LogP contribution in [0.3, 0.4) is 0 Å². The van der Waals surface area contributed by atoms with E-state index in [0.717, 1.165) is 0 Å². The quantitative estimate of drug-likeness (QED) is 0.716. The highest BCUT2D eigenvalue weighted by Crippen LogP contribution is 2.13. The molecule has 3 amide bonds. The first-order valence-corrected chi connectivity index (χ1v) is 4.90. The van der Waals surface area contributed by atoms with E-state index in [0.29, 0.717) is 6.54 Å². The Kier molecular flexibility index (Phi) is 4.91. The van der Waals surface area contributed by atoms with Crippen molar-refractivity contribution in [3.8, 4) is 0 Å². The van der Waals surface area contributed by atoms with Crippen molar-refractivity contribution in [2.45, 2.75) is 20.8 Å². The molecule has 0 aliphatic rings. The summed E-state index contributed by atoms with van der Waals surface area (Å²) >= 11 is 5.25. The van der Waals surface area contributed by atoms with Crippen molar-refractivity contribution in [1.82, 2.24) is 10.2 Å². The van der Waals surface area contributed by atoms with Crippen molar-refractivity contribution in [2.75, 3.05) is 19.5 Å². The summed E-state index contributed by atoms with van der Waals surface area (Å²) < 4.78 is 0. The van der Waals surface area contributed by atoms with Gasteiger partial charge in [-0.3, -0.25) is 10.1 Å². The van der Waals surface area contributed by atoms with Gasteiger partial charge in [0.2, 0.25) is 5.91 Å². The van der Waals surface area contributed by atoms with Gasteiger partial charge in [-0.15, -0.1) is 11.6 Å². The first-order valence-electron chi connectivity index (χ1n) is 4.37. The summed E-state index contributed by atoms with van der Waals surface area (Å²) in [6.07, 6.45) is 0. The number of nitrogens with one attached hydrogen (secondary N) is 1. The number of carbonyl (C=O) groups is 2. The fourth-order valence-electron chi connectivity index (χ4n) is 1.03. The topological polar surface area (TPSA) is 49.4 Å². The second kappa shape index (κ2) is 5.20. The lowest BCUT2D eigenvalue weighted by atomic mass is 9.96. The van der Waals surface area contributed by atoms with Gasteiger partial charge in [0.15, 0.2) is 0 Å². The standard InChI is InChI=1S/C9H17ClN2O2/c1-9(2,3)6-12(4)8(14)11-7(13)5-10/h5-6H2,1-4H3,(H,11,13,14). The zero-order chi connectivity index (χ0) is 11.4. The van der Waals surface area contributed by atoms with E-state index in [1.54, 1.807) is 7.05 Å². The number of hydrogen-bond acceptors (Lipinski definition) is 2. The van der Waals surface area contributed by atoms with Crippen molar-refractivity contribution >= 4 is 23.5 Å². The number of carbonyl (C=O) groups excluding carboxylic acids is 2. The molecule has 0 aromatic heterocycles. The molecule has 1 N–H and O–H groups in total. The highest BCUT2D eigenvalue weighted by molar-refractivity contribution is 6.28. The maximum absolute atomic E-state index is 11.3. The smallest absolute Gasteiger partial charge is 0.323 e. The van der Waals surface area contributed by atoms with Crippen LogP contribution in [0.1, 0.15) is 20.8 Å². The number of halogens is 1. The van der Waals surface area contributed by atoms with Crippen molar-refractivity contribution in [3.05, 3.63) is 0 Å². The van der Waals surface area contributed by atoms with Gasteiger partial charge in [-0.25, -0.2) is 4.79 Å². The molecular weight excluding hydrogens is 204 g/mol. The van der Waals surface area contributed by atoms with Gasteiger partial charge < -0.3 is 4.90 Å². The average molecular weight is 221 g/mol. The van der Waals surface area contributed by atoms with Crippen LogP contribution in [0.25, 0.3) is 0 Å². The van der Waals surface area contributed by atoms with E-state index >= 15 is 0 Å². The van der Waals surface area contributed by atoms with Crippen molar-refractivity contribution in [3.63, 3.8) is 0 Å². The minimum atomic E-state index is -0.475. The Hall–Kier alpha value is -0.770. The molecule has 0 radical (unpaired) electrons. The fraction of sp³-hybridized carbons (Fsp3) is 0.778. The van der Waals surface area contributed by atoms with Crippen LogP contribution in [-0.2, 0) is 4.79 Å². The van der Waals surface area contributed by atoms with Crippen molar-refractivity contribution in [2.24, 2.45) is 5.41 Å². The molecule has 0 aromatic carbocycles. The SMILES string of the molecule is CN(CC(C)(C)C)C(=O)NC(=O)CCl. The molecule has 82 valence electrons. The fourth-order valence-corrected chi connectivity index (χ4v) is 1.10. The molecule has 0 unspecified atom stereocenters. The van der Waals surface area contributed by atoms with Gasteiger partial charge >= 0.3 is 6.03 Å². The Morgan fingerprint density at radius 1 is 1.36 bits per heavy atom. The predicted octanol–water partition coefficient (Wildman–Crippen LogP) is 1.44. The second-order valence-corrected chi connectivity index (χ2v) is 4.67. The maximum atomic E-state index is 11.3. The lowest BCUT2D eigenvalue weighted by Crippen LogP contribution is -2.44. The summed E-state index contributed by atoms with van der Waals surface area (Å²) in [5.41, 5.74) is 0.0100. The zero-order valence-electron chi connectivity index (χ0n) is 9.06. The third-order valence-corrected chi connectivity index (χ3v) is 1.67. The number of urea groups is 1. The molecule has 0 rings (SSSR count). The van der Waals surface area contributed by atoms with Gasteiger partial charge in [0.1, 0.15) is 5.88 Å². The molecule has 0 saturated heterocycles. The van der Waals surface area contributed by atoms with Gasteiger partial charge in [-0.2, -0.15) is 0 Å². The third-order valence-electron chi connectivity index (χ3n) is 1.43. The van der Waals surface area contributed by atoms with Crippen LogP contribution >= 0.6 is 11.6 Å². The Morgan fingerprint density at radius 2 is 1.86 bits per heavy atom. The van der Waals surface area contributed by atoms with Crippen molar-refractivity contribution < 1.29 is 9.59 Å². The summed E-state index contributed by atoms with van der Waals surface area (Å²) in [4.78, 5) is 23.6. The van der Waals surface area contributed by atoms with Crippen molar-refractivity contribution in [1.29, 1.82) is 0 Å². The van der Waals surface area contributed by atoms with E-state index in [-0.39, 0.29) is 11.3 Å². The van der Waals surface area contributed by atoms with Crippen LogP contribution < -0.4 is 5.32 Å². The Labute approximate surface area is 89.6 Å². The van der Waals surface area contributed by atoms with Crippen LogP contribution in [0.2, 0.25) is 0 Å². The summed E-state index contributed by atoms with van der Waals surface area (Å²) in [6.45, 7) is 6.62. The van der Waals surface area contributed by atoms with E-state index in [9.17, 15) is 9.59 Å². The summed E-state index contributed by atoms with van der Waals surface area (Å²) in [5.74, 6) is -0.674. The number of amides is 3. The van der Waals surface area contributed by atoms with Gasteiger partial charge in [0, 0.05) is 13.6 Å². The molecule has 0 aliphatic heterocycles. The number of alkyl halides is 1. The molecule has 5 heteroatoms. The third kappa shape index (κ3) is 5.80. The largest absolute Gasteiger partial charge is 0.327 e. The number of rotatable bonds is 2. The minimum absolute atomic E-state index is 0.0100. The predicted molar refractivity (Wildman–Crippen MR) is 56.3 cm³/mol. The van der Waals surface area contributed by atoms with E-state index in [4.69, 9.17) is 11.6 Å². The summed E-state index contributed by atoms with van der Waals surface area (Å²) in [5, 5.41) is 2.17. The summed E-state index contributed by atoms with van der Waals surface area (Å²) in [6, 6.07) is -0.412. The van der Waals surface area contributed by atoms with Gasteiger partial charge in [-0.05, 0) is 5.41 Å². The highest BCUT2D eigenvalue weighted by Gasteiger charge is 2.18. The number of nitrogens with zero attached hydrogens (tertiary/aromatic N) is 1. The van der Waals surface area contributed by atoms with Crippen LogP contribution in [0.5, 0.6) is 0 Å². The molecule has 0 saturated carbocycles. The van der Waals surface area contributed by atoms with Gasteiger partial charge in [-0.1, -0.05) is 20.8 Å². The molecule has 0 atom stereocenters. The molecule has 14 heavy (non-hydrogen) atoms. The Morgan fingerprint density at radius 3 is 2.21 bits per heavy atom.